The standard InChI is InChI=1S/C17H24F2N2O.ClH/c1-12(13-5-8-20-9-6-13)11-17(22)21-10-7-14-15(18)3-2-4-16(14)19;/h2-4,12-13,20H,5-11H2,1H3,(H,21,22);1H. The van der Waals surface area contributed by atoms with Crippen LogP contribution in [0.1, 0.15) is 31.7 Å². The topological polar surface area (TPSA) is 41.1 Å². The van der Waals surface area contributed by atoms with Gasteiger partial charge in [0.25, 0.3) is 0 Å². The number of hydrogen-bond acceptors (Lipinski definition) is 2. The average Bonchev–Trinajstić information content (AvgIpc) is 2.51. The lowest BCUT2D eigenvalue weighted by Gasteiger charge is -2.27. The summed E-state index contributed by atoms with van der Waals surface area (Å²) >= 11 is 0. The molecule has 6 heteroatoms. The number of carbonyl (C=O) groups excluding carboxylic acids is 1. The van der Waals surface area contributed by atoms with E-state index in [1.807, 2.05) is 0 Å². The molecule has 1 aliphatic rings. The Morgan fingerprint density at radius 2 is 1.91 bits per heavy atom. The Morgan fingerprint density at radius 3 is 2.52 bits per heavy atom. The Bertz CT molecular complexity index is 487. The van der Waals surface area contributed by atoms with E-state index in [4.69, 9.17) is 0 Å². The van der Waals surface area contributed by atoms with Gasteiger partial charge in [-0.3, -0.25) is 4.79 Å². The predicted molar refractivity (Wildman–Crippen MR) is 89.7 cm³/mol. The van der Waals surface area contributed by atoms with Crippen molar-refractivity contribution < 1.29 is 13.6 Å². The smallest absolute Gasteiger partial charge is 0.220 e. The van der Waals surface area contributed by atoms with E-state index in [1.165, 1.54) is 18.2 Å². The summed E-state index contributed by atoms with van der Waals surface area (Å²) < 4.78 is 26.9. The van der Waals surface area contributed by atoms with Crippen LogP contribution in [0.25, 0.3) is 0 Å². The molecule has 1 aliphatic heterocycles. The van der Waals surface area contributed by atoms with Crippen molar-refractivity contribution in [3.8, 4) is 0 Å². The molecule has 0 bridgehead atoms. The lowest BCUT2D eigenvalue weighted by molar-refractivity contribution is -0.122. The molecule has 3 nitrogen and oxygen atoms in total. The van der Waals surface area contributed by atoms with Crippen LogP contribution in [0.5, 0.6) is 0 Å². The van der Waals surface area contributed by atoms with Crippen molar-refractivity contribution in [2.24, 2.45) is 11.8 Å². The van der Waals surface area contributed by atoms with Gasteiger partial charge in [0.15, 0.2) is 0 Å². The minimum atomic E-state index is -0.558. The van der Waals surface area contributed by atoms with Crippen molar-refractivity contribution in [1.82, 2.24) is 10.6 Å². The van der Waals surface area contributed by atoms with Crippen molar-refractivity contribution in [2.45, 2.75) is 32.6 Å². The van der Waals surface area contributed by atoms with Crippen molar-refractivity contribution in [3.63, 3.8) is 0 Å². The molecule has 1 aromatic rings. The monoisotopic (exact) mass is 346 g/mol. The van der Waals surface area contributed by atoms with Gasteiger partial charge in [-0.25, -0.2) is 8.78 Å². The highest BCUT2D eigenvalue weighted by Crippen LogP contribution is 2.24. The second-order valence-corrected chi connectivity index (χ2v) is 6.07. The highest BCUT2D eigenvalue weighted by atomic mass is 35.5. The zero-order valence-corrected chi connectivity index (χ0v) is 14.2. The fraction of sp³-hybridized carbons (Fsp3) is 0.588. The molecule has 130 valence electrons. The van der Waals surface area contributed by atoms with Crippen molar-refractivity contribution >= 4 is 18.3 Å². The zero-order chi connectivity index (χ0) is 15.9. The molecule has 1 aromatic carbocycles. The number of carbonyl (C=O) groups is 1. The van der Waals surface area contributed by atoms with Crippen molar-refractivity contribution in [2.75, 3.05) is 19.6 Å². The molecular formula is C17H25ClF2N2O. The Hall–Kier alpha value is -1.20. The van der Waals surface area contributed by atoms with Crippen LogP contribution in [0.2, 0.25) is 0 Å². The van der Waals surface area contributed by atoms with Crippen LogP contribution in [0, 0.1) is 23.5 Å². The highest BCUT2D eigenvalue weighted by Gasteiger charge is 2.21. The second kappa shape index (κ2) is 9.83. The zero-order valence-electron chi connectivity index (χ0n) is 13.4. The molecule has 1 atom stereocenters. The van der Waals surface area contributed by atoms with Gasteiger partial charge >= 0.3 is 0 Å². The van der Waals surface area contributed by atoms with E-state index in [9.17, 15) is 13.6 Å². The van der Waals surface area contributed by atoms with Crippen molar-refractivity contribution in [1.29, 1.82) is 0 Å². The van der Waals surface area contributed by atoms with E-state index in [0.717, 1.165) is 25.9 Å². The number of rotatable bonds is 6. The third-order valence-corrected chi connectivity index (χ3v) is 4.45. The van der Waals surface area contributed by atoms with Gasteiger partial charge in [0.2, 0.25) is 5.91 Å². The SMILES string of the molecule is CC(CC(=O)NCCc1c(F)cccc1F)C1CCNCC1.Cl. The summed E-state index contributed by atoms with van der Waals surface area (Å²) in [4.78, 5) is 11.9. The first-order valence-electron chi connectivity index (χ1n) is 7.98. The van der Waals surface area contributed by atoms with Gasteiger partial charge in [-0.05, 0) is 56.3 Å². The van der Waals surface area contributed by atoms with Crippen LogP contribution in [0.4, 0.5) is 8.78 Å². The number of halogens is 3. The minimum absolute atomic E-state index is 0. The van der Waals surface area contributed by atoms with Gasteiger partial charge in [0.05, 0.1) is 0 Å². The number of nitrogens with one attached hydrogen (secondary N) is 2. The summed E-state index contributed by atoms with van der Waals surface area (Å²) in [5, 5.41) is 6.08. The highest BCUT2D eigenvalue weighted by molar-refractivity contribution is 5.85. The first kappa shape index (κ1) is 19.8. The third kappa shape index (κ3) is 6.07. The fourth-order valence-electron chi connectivity index (χ4n) is 3.04. The first-order chi connectivity index (χ1) is 10.6. The Labute approximate surface area is 142 Å². The molecular weight excluding hydrogens is 322 g/mol. The van der Waals surface area contributed by atoms with Crippen LogP contribution in [0.3, 0.4) is 0 Å². The van der Waals surface area contributed by atoms with Gasteiger partial charge in [-0.2, -0.15) is 0 Å². The van der Waals surface area contributed by atoms with Gasteiger partial charge in [-0.15, -0.1) is 12.4 Å². The van der Waals surface area contributed by atoms with Crippen LogP contribution in [-0.2, 0) is 11.2 Å². The first-order valence-corrected chi connectivity index (χ1v) is 7.98. The van der Waals surface area contributed by atoms with Crippen LogP contribution in [-0.4, -0.2) is 25.5 Å². The third-order valence-electron chi connectivity index (χ3n) is 4.45. The molecule has 2 rings (SSSR count). The molecule has 0 aromatic heterocycles. The van der Waals surface area contributed by atoms with E-state index in [-0.39, 0.29) is 36.8 Å². The van der Waals surface area contributed by atoms with E-state index >= 15 is 0 Å². The number of benzene rings is 1. The molecule has 2 N–H and O–H groups in total. The number of hydrogen-bond donors (Lipinski definition) is 2. The number of amides is 1. The van der Waals surface area contributed by atoms with E-state index in [0.29, 0.717) is 18.3 Å². The summed E-state index contributed by atoms with van der Waals surface area (Å²) in [6.45, 7) is 4.40. The molecule has 23 heavy (non-hydrogen) atoms. The Morgan fingerprint density at radius 1 is 1.30 bits per heavy atom. The van der Waals surface area contributed by atoms with Crippen molar-refractivity contribution in [3.05, 3.63) is 35.4 Å². The van der Waals surface area contributed by atoms with Crippen LogP contribution in [0.15, 0.2) is 18.2 Å². The van der Waals surface area contributed by atoms with Gasteiger partial charge in [0, 0.05) is 18.5 Å². The summed E-state index contributed by atoms with van der Waals surface area (Å²) in [7, 11) is 0. The minimum Gasteiger partial charge on any atom is -0.356 e. The Kier molecular flexibility index (Phi) is 8.48. The maximum absolute atomic E-state index is 13.5. The molecule has 0 saturated carbocycles. The van der Waals surface area contributed by atoms with Crippen LogP contribution >= 0.6 is 12.4 Å². The lowest BCUT2D eigenvalue weighted by atomic mass is 9.84. The van der Waals surface area contributed by atoms with Gasteiger partial charge in [0.1, 0.15) is 11.6 Å². The molecule has 0 aliphatic carbocycles. The fourth-order valence-corrected chi connectivity index (χ4v) is 3.04. The maximum atomic E-state index is 13.5. The quantitative estimate of drug-likeness (QED) is 0.831. The molecule has 1 unspecified atom stereocenters. The van der Waals surface area contributed by atoms with Gasteiger partial charge < -0.3 is 10.6 Å². The normalized spacial score (nSPS) is 16.5. The largest absolute Gasteiger partial charge is 0.356 e. The predicted octanol–water partition coefficient (Wildman–Crippen LogP) is 3.07. The lowest BCUT2D eigenvalue weighted by Crippen LogP contribution is -2.34. The molecule has 0 spiro atoms. The molecule has 1 amide bonds. The molecule has 1 saturated heterocycles. The van der Waals surface area contributed by atoms with Gasteiger partial charge in [-0.1, -0.05) is 13.0 Å². The molecule has 1 heterocycles. The summed E-state index contributed by atoms with van der Waals surface area (Å²) in [5.74, 6) is -0.235. The van der Waals surface area contributed by atoms with E-state index in [2.05, 4.69) is 17.6 Å². The van der Waals surface area contributed by atoms with Crippen LogP contribution < -0.4 is 10.6 Å². The Balaban J connectivity index is 0.00000264. The summed E-state index contributed by atoms with van der Waals surface area (Å²) in [6, 6.07) is 3.81. The maximum Gasteiger partial charge on any atom is 0.220 e. The van der Waals surface area contributed by atoms with E-state index < -0.39 is 11.6 Å². The second-order valence-electron chi connectivity index (χ2n) is 6.07. The molecule has 0 radical (unpaired) electrons. The van der Waals surface area contributed by atoms with E-state index in [1.54, 1.807) is 0 Å². The average molecular weight is 347 g/mol. The number of piperidine rings is 1. The molecule has 1 fully saturated rings. The summed E-state index contributed by atoms with van der Waals surface area (Å²) in [5.41, 5.74) is 0.0363. The summed E-state index contributed by atoms with van der Waals surface area (Å²) in [6.07, 6.45) is 2.86.